The fourth-order valence-electron chi connectivity index (χ4n) is 2.63. The average molecular weight is 323 g/mol. The molecule has 1 aromatic carbocycles. The summed E-state index contributed by atoms with van der Waals surface area (Å²) in [5.74, 6) is 1.42. The third-order valence-corrected chi connectivity index (χ3v) is 4.14. The number of aliphatic hydroxyl groups excluding tert-OH is 1. The number of rotatable bonds is 2. The van der Waals surface area contributed by atoms with Gasteiger partial charge in [0.1, 0.15) is 6.07 Å². The van der Waals surface area contributed by atoms with E-state index in [1.54, 1.807) is 23.1 Å². The lowest BCUT2D eigenvalue weighted by atomic mass is 10.0. The van der Waals surface area contributed by atoms with Gasteiger partial charge in [-0.25, -0.2) is 0 Å². The number of amides is 1. The zero-order valence-corrected chi connectivity index (χ0v) is 14.1. The zero-order valence-electron chi connectivity index (χ0n) is 13.3. The lowest BCUT2D eigenvalue weighted by Crippen LogP contribution is -2.24. The van der Waals surface area contributed by atoms with Gasteiger partial charge in [-0.3, -0.25) is 4.79 Å². The molecule has 1 atom stereocenters. The lowest BCUT2D eigenvalue weighted by Gasteiger charge is -2.17. The highest BCUT2D eigenvalue weighted by atomic mass is 35.5. The molecule has 1 N–H and O–H groups in total. The molecule has 1 unspecified atom stereocenters. The third kappa shape index (κ3) is 4.22. The fraction of sp³-hybridized carbons (Fsp3) is 0.529. The smallest absolute Gasteiger partial charge is 0.227 e. The number of carbonyl (C=O) groups excluding carboxylic acids is 1. The van der Waals surface area contributed by atoms with Crippen molar-refractivity contribution < 1.29 is 9.90 Å². The second-order valence-electron chi connectivity index (χ2n) is 5.08. The van der Waals surface area contributed by atoms with Crippen LogP contribution in [0.5, 0.6) is 0 Å². The number of anilines is 1. The summed E-state index contributed by atoms with van der Waals surface area (Å²) in [4.78, 5) is 13.8. The van der Waals surface area contributed by atoms with Crippen LogP contribution in [0, 0.1) is 23.2 Å². The predicted octanol–water partition coefficient (Wildman–Crippen LogP) is 3.61. The van der Waals surface area contributed by atoms with Gasteiger partial charge in [0.25, 0.3) is 0 Å². The molecule has 1 saturated heterocycles. The first kappa shape index (κ1) is 18.5. The number of halogens is 1. The Morgan fingerprint density at radius 1 is 1.27 bits per heavy atom. The van der Waals surface area contributed by atoms with Gasteiger partial charge in [0.15, 0.2) is 0 Å². The van der Waals surface area contributed by atoms with Crippen LogP contribution in [0.2, 0.25) is 5.02 Å². The van der Waals surface area contributed by atoms with Crippen molar-refractivity contribution in [2.75, 3.05) is 18.6 Å². The molecule has 1 heterocycles. The normalized spacial score (nSPS) is 19.5. The highest BCUT2D eigenvalue weighted by Gasteiger charge is 2.40. The maximum absolute atomic E-state index is 12.0. The van der Waals surface area contributed by atoms with Crippen molar-refractivity contribution in [1.82, 2.24) is 0 Å². The van der Waals surface area contributed by atoms with Crippen molar-refractivity contribution in [2.24, 2.45) is 11.8 Å². The van der Waals surface area contributed by atoms with E-state index in [2.05, 4.69) is 0 Å². The number of benzene rings is 1. The molecule has 1 aromatic rings. The van der Waals surface area contributed by atoms with Crippen LogP contribution in [0.15, 0.2) is 18.2 Å². The summed E-state index contributed by atoms with van der Waals surface area (Å²) in [6, 6.07) is 7.22. The van der Waals surface area contributed by atoms with Gasteiger partial charge in [-0.15, -0.1) is 0 Å². The largest absolute Gasteiger partial charge is 0.400 e. The SMILES string of the molecule is CC.CO.N#Cc1ccc(N2CC(C3CC3)CC2=O)cc1Cl. The van der Waals surface area contributed by atoms with Crippen LogP contribution in [0.1, 0.15) is 38.7 Å². The minimum atomic E-state index is 0.174. The summed E-state index contributed by atoms with van der Waals surface area (Å²) in [7, 11) is 1.00. The maximum Gasteiger partial charge on any atom is 0.227 e. The number of nitriles is 1. The Morgan fingerprint density at radius 2 is 1.91 bits per heavy atom. The highest BCUT2D eigenvalue weighted by molar-refractivity contribution is 6.32. The van der Waals surface area contributed by atoms with E-state index < -0.39 is 0 Å². The summed E-state index contributed by atoms with van der Waals surface area (Å²) >= 11 is 6.01. The molecule has 2 aliphatic rings. The van der Waals surface area contributed by atoms with E-state index >= 15 is 0 Å². The Bertz CT molecular complexity index is 550. The molecule has 1 aliphatic carbocycles. The zero-order chi connectivity index (χ0) is 16.7. The summed E-state index contributed by atoms with van der Waals surface area (Å²) < 4.78 is 0. The summed E-state index contributed by atoms with van der Waals surface area (Å²) in [5.41, 5.74) is 1.26. The molecule has 1 amide bonds. The second-order valence-corrected chi connectivity index (χ2v) is 5.49. The summed E-state index contributed by atoms with van der Waals surface area (Å²) in [6.07, 6.45) is 3.18. The van der Waals surface area contributed by atoms with Crippen molar-refractivity contribution in [3.05, 3.63) is 28.8 Å². The second kappa shape index (κ2) is 8.77. The van der Waals surface area contributed by atoms with Gasteiger partial charge in [0.2, 0.25) is 5.91 Å². The molecule has 0 spiro atoms. The van der Waals surface area contributed by atoms with Crippen molar-refractivity contribution in [1.29, 1.82) is 5.26 Å². The molecule has 0 aromatic heterocycles. The summed E-state index contributed by atoms with van der Waals surface area (Å²) in [6.45, 7) is 4.80. The van der Waals surface area contributed by atoms with Crippen LogP contribution < -0.4 is 4.90 Å². The third-order valence-electron chi connectivity index (χ3n) is 3.83. The molecular formula is C17H23ClN2O2. The molecule has 4 nitrogen and oxygen atoms in total. The van der Waals surface area contributed by atoms with Gasteiger partial charge in [-0.2, -0.15) is 5.26 Å². The van der Waals surface area contributed by atoms with E-state index in [-0.39, 0.29) is 5.91 Å². The number of hydrogen-bond donors (Lipinski definition) is 1. The van der Waals surface area contributed by atoms with Crippen molar-refractivity contribution in [2.45, 2.75) is 33.1 Å². The van der Waals surface area contributed by atoms with E-state index in [0.29, 0.717) is 22.9 Å². The van der Waals surface area contributed by atoms with Crippen LogP contribution in [-0.4, -0.2) is 24.7 Å². The quantitative estimate of drug-likeness (QED) is 0.904. The van der Waals surface area contributed by atoms with Gasteiger partial charge in [-0.1, -0.05) is 25.4 Å². The topological polar surface area (TPSA) is 64.3 Å². The number of aliphatic hydroxyl groups is 1. The molecule has 1 saturated carbocycles. The van der Waals surface area contributed by atoms with Gasteiger partial charge < -0.3 is 10.0 Å². The van der Waals surface area contributed by atoms with Crippen molar-refractivity contribution in [3.63, 3.8) is 0 Å². The van der Waals surface area contributed by atoms with Gasteiger partial charge in [0.05, 0.1) is 10.6 Å². The Labute approximate surface area is 137 Å². The fourth-order valence-corrected chi connectivity index (χ4v) is 2.85. The molecule has 0 bridgehead atoms. The number of nitrogens with zero attached hydrogens (tertiary/aromatic N) is 2. The summed E-state index contributed by atoms with van der Waals surface area (Å²) in [5, 5.41) is 16.2. The molecule has 0 radical (unpaired) electrons. The first-order chi connectivity index (χ1) is 10.7. The van der Waals surface area contributed by atoms with E-state index in [4.69, 9.17) is 22.0 Å². The highest BCUT2D eigenvalue weighted by Crippen LogP contribution is 2.42. The minimum Gasteiger partial charge on any atom is -0.400 e. The van der Waals surface area contributed by atoms with Gasteiger partial charge in [-0.05, 0) is 42.9 Å². The molecule has 1 aliphatic heterocycles. The molecule has 3 rings (SSSR count). The Morgan fingerprint density at radius 3 is 2.41 bits per heavy atom. The Kier molecular flexibility index (Phi) is 7.37. The Balaban J connectivity index is 0.000000561. The maximum atomic E-state index is 12.0. The molecule has 5 heteroatoms. The lowest BCUT2D eigenvalue weighted by molar-refractivity contribution is -0.117. The molecular weight excluding hydrogens is 300 g/mol. The van der Waals surface area contributed by atoms with E-state index in [0.717, 1.165) is 25.3 Å². The average Bonchev–Trinajstić information content (AvgIpc) is 3.34. The Hall–Kier alpha value is -1.57. The van der Waals surface area contributed by atoms with Crippen LogP contribution in [0.25, 0.3) is 0 Å². The van der Waals surface area contributed by atoms with Gasteiger partial charge in [0, 0.05) is 25.8 Å². The first-order valence-electron chi connectivity index (χ1n) is 7.64. The van der Waals surface area contributed by atoms with Crippen LogP contribution >= 0.6 is 11.6 Å². The van der Waals surface area contributed by atoms with Crippen molar-refractivity contribution in [3.8, 4) is 6.07 Å². The number of carbonyl (C=O) groups is 1. The van der Waals surface area contributed by atoms with Crippen LogP contribution in [0.3, 0.4) is 0 Å². The first-order valence-corrected chi connectivity index (χ1v) is 8.01. The van der Waals surface area contributed by atoms with Crippen LogP contribution in [0.4, 0.5) is 5.69 Å². The van der Waals surface area contributed by atoms with E-state index in [9.17, 15) is 4.79 Å². The molecule has 2 fully saturated rings. The predicted molar refractivity (Wildman–Crippen MR) is 88.8 cm³/mol. The molecule has 22 heavy (non-hydrogen) atoms. The van der Waals surface area contributed by atoms with Crippen molar-refractivity contribution >= 4 is 23.2 Å². The van der Waals surface area contributed by atoms with E-state index in [1.165, 1.54) is 12.8 Å². The number of hydrogen-bond acceptors (Lipinski definition) is 3. The standard InChI is InChI=1S/C14H13ClN2O.C2H6.CH4O/c15-13-6-12(4-3-10(13)7-16)17-8-11(5-14(17)18)9-1-2-9;2*1-2/h3-4,6,9,11H,1-2,5,8H2;1-2H3;2H,1H3. The minimum absolute atomic E-state index is 0.174. The van der Waals surface area contributed by atoms with Crippen LogP contribution in [-0.2, 0) is 4.79 Å². The van der Waals surface area contributed by atoms with E-state index in [1.807, 2.05) is 19.9 Å². The molecule has 120 valence electrons. The van der Waals surface area contributed by atoms with Gasteiger partial charge >= 0.3 is 0 Å². The monoisotopic (exact) mass is 322 g/mol.